The van der Waals surface area contributed by atoms with Crippen LogP contribution in [0.2, 0.25) is 0 Å². The van der Waals surface area contributed by atoms with Gasteiger partial charge in [-0.2, -0.15) is 5.10 Å². The number of ether oxygens (including phenoxy) is 1. The quantitative estimate of drug-likeness (QED) is 0.323. The van der Waals surface area contributed by atoms with Gasteiger partial charge in [0, 0.05) is 44.5 Å². The Labute approximate surface area is 243 Å². The highest BCUT2D eigenvalue weighted by molar-refractivity contribution is 7.19. The molecule has 2 saturated heterocycles. The average Bonchev–Trinajstić information content (AvgIpc) is 3.63. The van der Waals surface area contributed by atoms with E-state index in [1.54, 1.807) is 12.4 Å². The van der Waals surface area contributed by atoms with E-state index >= 15 is 0 Å². The second-order valence-corrected chi connectivity index (χ2v) is 12.1. The Hall–Kier alpha value is -3.71. The van der Waals surface area contributed by atoms with Crippen LogP contribution in [0, 0.1) is 11.8 Å². The van der Waals surface area contributed by atoms with Crippen molar-refractivity contribution < 1.29 is 14.3 Å². The summed E-state index contributed by atoms with van der Waals surface area (Å²) in [4.78, 5) is 33.7. The van der Waals surface area contributed by atoms with Gasteiger partial charge in [-0.1, -0.05) is 25.2 Å². The molecule has 218 valence electrons. The SMILES string of the molecule is CC(C)COC(=O)c1cc(CN2CCC(CC(=O)Nc3nnc(N[C@@H]4CCN(c5cccnn5)C4)s3)CC2)ccn1. The molecular formula is C28H37N9O3S. The Bertz CT molecular complexity index is 1300. The first-order valence-electron chi connectivity index (χ1n) is 14.2. The number of carbonyl (C=O) groups excluding carboxylic acids is 2. The summed E-state index contributed by atoms with van der Waals surface area (Å²) in [5.74, 6) is 1.06. The van der Waals surface area contributed by atoms with Crippen LogP contribution in [0.4, 0.5) is 16.1 Å². The molecule has 13 heteroatoms. The molecule has 5 rings (SSSR count). The third kappa shape index (κ3) is 8.40. The van der Waals surface area contributed by atoms with Gasteiger partial charge in [0.2, 0.25) is 16.2 Å². The van der Waals surface area contributed by atoms with E-state index < -0.39 is 0 Å². The van der Waals surface area contributed by atoms with Crippen LogP contribution in [-0.4, -0.2) is 81.0 Å². The van der Waals surface area contributed by atoms with Crippen molar-refractivity contribution in [1.82, 2.24) is 30.3 Å². The van der Waals surface area contributed by atoms with Gasteiger partial charge in [0.25, 0.3) is 0 Å². The third-order valence-corrected chi connectivity index (χ3v) is 8.01. The molecule has 12 nitrogen and oxygen atoms in total. The number of carbonyl (C=O) groups is 2. The molecule has 0 unspecified atom stereocenters. The molecule has 0 spiro atoms. The van der Waals surface area contributed by atoms with Gasteiger partial charge in [-0.3, -0.25) is 9.69 Å². The van der Waals surface area contributed by atoms with Gasteiger partial charge in [0.05, 0.1) is 6.61 Å². The molecular weight excluding hydrogens is 542 g/mol. The summed E-state index contributed by atoms with van der Waals surface area (Å²) in [6, 6.07) is 7.83. The van der Waals surface area contributed by atoms with Crippen molar-refractivity contribution in [2.75, 3.05) is 48.3 Å². The van der Waals surface area contributed by atoms with E-state index in [1.165, 1.54) is 11.3 Å². The van der Waals surface area contributed by atoms with E-state index in [2.05, 4.69) is 45.8 Å². The minimum Gasteiger partial charge on any atom is -0.461 e. The Kier molecular flexibility index (Phi) is 9.67. The topological polar surface area (TPSA) is 138 Å². The number of nitrogens with zero attached hydrogens (tertiary/aromatic N) is 7. The van der Waals surface area contributed by atoms with E-state index in [-0.39, 0.29) is 23.8 Å². The van der Waals surface area contributed by atoms with E-state index in [0.717, 1.165) is 63.4 Å². The van der Waals surface area contributed by atoms with E-state index in [9.17, 15) is 9.59 Å². The normalized spacial score (nSPS) is 18.0. The molecule has 3 aromatic rings. The fourth-order valence-electron chi connectivity index (χ4n) is 5.09. The average molecular weight is 580 g/mol. The first-order valence-corrected chi connectivity index (χ1v) is 15.0. The Morgan fingerprint density at radius 2 is 1.90 bits per heavy atom. The lowest BCUT2D eigenvalue weighted by Crippen LogP contribution is -2.34. The zero-order valence-corrected chi connectivity index (χ0v) is 24.3. The van der Waals surface area contributed by atoms with Crippen molar-refractivity contribution >= 4 is 39.3 Å². The van der Waals surface area contributed by atoms with Crippen molar-refractivity contribution in [3.8, 4) is 0 Å². The molecule has 5 heterocycles. The fourth-order valence-corrected chi connectivity index (χ4v) is 5.83. The predicted molar refractivity (Wildman–Crippen MR) is 157 cm³/mol. The summed E-state index contributed by atoms with van der Waals surface area (Å²) < 4.78 is 5.31. The molecule has 0 bridgehead atoms. The molecule has 1 atom stereocenters. The van der Waals surface area contributed by atoms with Crippen LogP contribution in [0.25, 0.3) is 0 Å². The highest BCUT2D eigenvalue weighted by Crippen LogP contribution is 2.26. The van der Waals surface area contributed by atoms with Crippen molar-refractivity contribution in [3.05, 3.63) is 47.9 Å². The first kappa shape index (κ1) is 28.8. The maximum atomic E-state index is 12.7. The number of nitrogens with one attached hydrogen (secondary N) is 2. The standard InChI is InChI=1S/C28H37N9O3S/c1-19(2)18-40-26(39)23-14-21(5-10-29-23)16-36-11-6-20(7-12-36)15-25(38)32-28-35-34-27(41-28)31-22-8-13-37(17-22)24-4-3-9-30-33-24/h3-5,9-10,14,19-20,22H,6-8,11-13,15-18H2,1-2H3,(H,31,34)(H,32,35,38)/t22-/m1/s1. The summed E-state index contributed by atoms with van der Waals surface area (Å²) in [5.41, 5.74) is 1.38. The minimum absolute atomic E-state index is 0.0282. The molecule has 41 heavy (non-hydrogen) atoms. The van der Waals surface area contributed by atoms with Crippen molar-refractivity contribution in [2.45, 2.75) is 52.1 Å². The number of likely N-dealkylation sites (tertiary alicyclic amines) is 1. The highest BCUT2D eigenvalue weighted by atomic mass is 32.1. The number of hydrogen-bond acceptors (Lipinski definition) is 12. The summed E-state index contributed by atoms with van der Waals surface area (Å²) in [6.07, 6.45) is 6.64. The maximum Gasteiger partial charge on any atom is 0.356 e. The van der Waals surface area contributed by atoms with Gasteiger partial charge < -0.3 is 20.3 Å². The number of rotatable bonds is 11. The second-order valence-electron chi connectivity index (χ2n) is 11.1. The van der Waals surface area contributed by atoms with Crippen LogP contribution in [0.3, 0.4) is 0 Å². The van der Waals surface area contributed by atoms with Crippen molar-refractivity contribution in [2.24, 2.45) is 11.8 Å². The van der Waals surface area contributed by atoms with E-state index in [1.807, 2.05) is 38.1 Å². The zero-order chi connectivity index (χ0) is 28.6. The monoisotopic (exact) mass is 579 g/mol. The van der Waals surface area contributed by atoms with Crippen LogP contribution in [0.5, 0.6) is 0 Å². The van der Waals surface area contributed by atoms with Crippen LogP contribution >= 0.6 is 11.3 Å². The van der Waals surface area contributed by atoms with Crippen LogP contribution in [0.15, 0.2) is 36.7 Å². The maximum absolute atomic E-state index is 12.7. The number of amides is 1. The van der Waals surface area contributed by atoms with Gasteiger partial charge in [-0.15, -0.1) is 15.3 Å². The molecule has 2 aliphatic rings. The Morgan fingerprint density at radius 3 is 2.68 bits per heavy atom. The smallest absolute Gasteiger partial charge is 0.356 e. The van der Waals surface area contributed by atoms with Crippen LogP contribution in [-0.2, 0) is 16.1 Å². The molecule has 3 aromatic heterocycles. The summed E-state index contributed by atoms with van der Waals surface area (Å²) in [7, 11) is 0. The molecule has 0 saturated carbocycles. The number of hydrogen-bond donors (Lipinski definition) is 2. The molecule has 2 N–H and O–H groups in total. The molecule has 2 aliphatic heterocycles. The molecule has 2 fully saturated rings. The predicted octanol–water partition coefficient (Wildman–Crippen LogP) is 3.47. The third-order valence-electron chi connectivity index (χ3n) is 7.24. The molecule has 1 amide bonds. The summed E-state index contributed by atoms with van der Waals surface area (Å²) >= 11 is 1.36. The second kappa shape index (κ2) is 13.8. The van der Waals surface area contributed by atoms with Gasteiger partial charge in [0.15, 0.2) is 5.82 Å². The highest BCUT2D eigenvalue weighted by Gasteiger charge is 2.25. The summed E-state index contributed by atoms with van der Waals surface area (Å²) in [5, 5.41) is 24.1. The summed E-state index contributed by atoms with van der Waals surface area (Å²) in [6.45, 7) is 8.63. The minimum atomic E-state index is -0.382. The number of esters is 1. The lowest BCUT2D eigenvalue weighted by atomic mass is 9.93. The van der Waals surface area contributed by atoms with Gasteiger partial charge in [-0.05, 0) is 74.0 Å². The van der Waals surface area contributed by atoms with Gasteiger partial charge >= 0.3 is 5.97 Å². The van der Waals surface area contributed by atoms with Gasteiger partial charge in [-0.25, -0.2) is 9.78 Å². The number of aromatic nitrogens is 5. The molecule has 0 aliphatic carbocycles. The van der Waals surface area contributed by atoms with E-state index in [0.29, 0.717) is 34.9 Å². The van der Waals surface area contributed by atoms with Crippen molar-refractivity contribution in [1.29, 1.82) is 0 Å². The Morgan fingerprint density at radius 1 is 1.07 bits per heavy atom. The van der Waals surface area contributed by atoms with Crippen LogP contribution < -0.4 is 15.5 Å². The van der Waals surface area contributed by atoms with Crippen molar-refractivity contribution in [3.63, 3.8) is 0 Å². The van der Waals surface area contributed by atoms with Crippen LogP contribution in [0.1, 0.15) is 55.6 Å². The largest absolute Gasteiger partial charge is 0.461 e. The zero-order valence-electron chi connectivity index (χ0n) is 23.5. The number of anilines is 3. The Balaban J connectivity index is 1.02. The number of pyridine rings is 1. The molecule has 0 aromatic carbocycles. The molecule has 0 radical (unpaired) electrons. The van der Waals surface area contributed by atoms with E-state index in [4.69, 9.17) is 4.74 Å². The lowest BCUT2D eigenvalue weighted by Gasteiger charge is -2.31. The number of piperidine rings is 1. The lowest BCUT2D eigenvalue weighted by molar-refractivity contribution is -0.117. The first-order chi connectivity index (χ1) is 19.9. The van der Waals surface area contributed by atoms with Gasteiger partial charge in [0.1, 0.15) is 5.69 Å². The fraction of sp³-hybridized carbons (Fsp3) is 0.536.